The second kappa shape index (κ2) is 8.92. The van der Waals surface area contributed by atoms with Gasteiger partial charge in [-0.1, -0.05) is 36.7 Å². The molecule has 3 N–H and O–H groups in total. The fourth-order valence-corrected chi connectivity index (χ4v) is 3.29. The molecule has 0 aliphatic rings. The van der Waals surface area contributed by atoms with E-state index in [2.05, 4.69) is 10.3 Å². The van der Waals surface area contributed by atoms with Gasteiger partial charge in [0.15, 0.2) is 0 Å². The summed E-state index contributed by atoms with van der Waals surface area (Å²) in [5, 5.41) is 3.40. The first-order chi connectivity index (χ1) is 14.3. The van der Waals surface area contributed by atoms with Crippen molar-refractivity contribution in [3.8, 4) is 11.4 Å². The van der Waals surface area contributed by atoms with Gasteiger partial charge < -0.3 is 11.1 Å². The molecule has 1 aromatic heterocycles. The molecular formula is C22H21ClN4O3. The van der Waals surface area contributed by atoms with Crippen LogP contribution in [-0.2, 0) is 17.8 Å². The van der Waals surface area contributed by atoms with E-state index in [-0.39, 0.29) is 17.9 Å². The van der Waals surface area contributed by atoms with Gasteiger partial charge in [0.2, 0.25) is 5.91 Å². The normalized spacial score (nSPS) is 10.6. The molecule has 0 saturated carbocycles. The Bertz CT molecular complexity index is 1170. The van der Waals surface area contributed by atoms with E-state index in [9.17, 15) is 14.4 Å². The molecule has 0 spiro atoms. The molecule has 0 atom stereocenters. The lowest BCUT2D eigenvalue weighted by Crippen LogP contribution is -2.34. The van der Waals surface area contributed by atoms with Crippen LogP contribution in [0.2, 0.25) is 5.02 Å². The molecular weight excluding hydrogens is 404 g/mol. The standard InChI is InChI=1S/C22H21ClN4O3/c1-3-14-6-4-5-13(2)19(14)26-18(28)12-27-21(15-7-9-16(23)10-8-15)25-11-17(20(24)29)22(27)30/h4-11H,3,12H2,1-2H3,(H2,24,29)(H,26,28). The molecule has 2 aromatic carbocycles. The van der Waals surface area contributed by atoms with E-state index in [0.717, 1.165) is 28.3 Å². The van der Waals surface area contributed by atoms with Crippen molar-refractivity contribution >= 4 is 29.1 Å². The second-order valence-corrected chi connectivity index (χ2v) is 7.21. The van der Waals surface area contributed by atoms with Crippen LogP contribution in [0.15, 0.2) is 53.5 Å². The maximum atomic E-state index is 12.9. The fourth-order valence-electron chi connectivity index (χ4n) is 3.16. The topological polar surface area (TPSA) is 107 Å². The van der Waals surface area contributed by atoms with Gasteiger partial charge in [0.05, 0.1) is 0 Å². The molecule has 8 heteroatoms. The Balaban J connectivity index is 2.02. The average molecular weight is 425 g/mol. The van der Waals surface area contributed by atoms with E-state index in [1.54, 1.807) is 24.3 Å². The smallest absolute Gasteiger partial charge is 0.267 e. The minimum atomic E-state index is -0.906. The van der Waals surface area contributed by atoms with E-state index < -0.39 is 17.4 Å². The first-order valence-corrected chi connectivity index (χ1v) is 9.73. The van der Waals surface area contributed by atoms with Crippen molar-refractivity contribution in [2.45, 2.75) is 26.8 Å². The number of halogens is 1. The first kappa shape index (κ1) is 21.3. The Hall–Kier alpha value is -3.45. The van der Waals surface area contributed by atoms with Crippen molar-refractivity contribution in [3.63, 3.8) is 0 Å². The number of aromatic nitrogens is 2. The van der Waals surface area contributed by atoms with Gasteiger partial charge >= 0.3 is 0 Å². The third-order valence-corrected chi connectivity index (χ3v) is 4.97. The van der Waals surface area contributed by atoms with Crippen LogP contribution in [-0.4, -0.2) is 21.4 Å². The van der Waals surface area contributed by atoms with E-state index in [4.69, 9.17) is 17.3 Å². The zero-order valence-corrected chi connectivity index (χ0v) is 17.4. The number of para-hydroxylation sites is 1. The van der Waals surface area contributed by atoms with Gasteiger partial charge in [0.1, 0.15) is 17.9 Å². The summed E-state index contributed by atoms with van der Waals surface area (Å²) in [5.74, 6) is -1.09. The van der Waals surface area contributed by atoms with Crippen LogP contribution in [0.4, 0.5) is 5.69 Å². The summed E-state index contributed by atoms with van der Waals surface area (Å²) in [6, 6.07) is 12.4. The second-order valence-electron chi connectivity index (χ2n) is 6.77. The minimum Gasteiger partial charge on any atom is -0.365 e. The number of nitrogens with two attached hydrogens (primary N) is 1. The number of hydrogen-bond donors (Lipinski definition) is 2. The Morgan fingerprint density at radius 2 is 1.87 bits per heavy atom. The van der Waals surface area contributed by atoms with Gasteiger partial charge in [0.25, 0.3) is 11.5 Å². The predicted octanol–water partition coefficient (Wildman–Crippen LogP) is 3.17. The summed E-state index contributed by atoms with van der Waals surface area (Å²) >= 11 is 5.94. The van der Waals surface area contributed by atoms with E-state index in [1.165, 1.54) is 0 Å². The number of carbonyl (C=O) groups excluding carboxylic acids is 2. The summed E-state index contributed by atoms with van der Waals surface area (Å²) in [5.41, 5.74) is 7.51. The van der Waals surface area contributed by atoms with Gasteiger partial charge in [-0.05, 0) is 48.7 Å². The van der Waals surface area contributed by atoms with E-state index in [0.29, 0.717) is 16.3 Å². The highest BCUT2D eigenvalue weighted by atomic mass is 35.5. The van der Waals surface area contributed by atoms with Crippen LogP contribution in [0, 0.1) is 6.92 Å². The van der Waals surface area contributed by atoms with Crippen LogP contribution in [0.25, 0.3) is 11.4 Å². The molecule has 7 nitrogen and oxygen atoms in total. The molecule has 30 heavy (non-hydrogen) atoms. The van der Waals surface area contributed by atoms with Crippen LogP contribution in [0.5, 0.6) is 0 Å². The first-order valence-electron chi connectivity index (χ1n) is 9.35. The zero-order chi connectivity index (χ0) is 21.8. The number of amides is 2. The van der Waals surface area contributed by atoms with Crippen LogP contribution in [0.1, 0.15) is 28.4 Å². The van der Waals surface area contributed by atoms with Gasteiger partial charge in [-0.2, -0.15) is 0 Å². The molecule has 2 amide bonds. The van der Waals surface area contributed by atoms with Crippen molar-refractivity contribution in [3.05, 3.63) is 80.7 Å². The van der Waals surface area contributed by atoms with Crippen molar-refractivity contribution in [1.29, 1.82) is 0 Å². The van der Waals surface area contributed by atoms with Gasteiger partial charge in [-0.3, -0.25) is 19.0 Å². The van der Waals surface area contributed by atoms with Gasteiger partial charge in [-0.15, -0.1) is 0 Å². The number of nitrogens with zero attached hydrogens (tertiary/aromatic N) is 2. The molecule has 3 rings (SSSR count). The van der Waals surface area contributed by atoms with Crippen molar-refractivity contribution in [1.82, 2.24) is 9.55 Å². The molecule has 0 radical (unpaired) electrons. The third kappa shape index (κ3) is 4.41. The summed E-state index contributed by atoms with van der Waals surface area (Å²) < 4.78 is 1.14. The molecule has 0 bridgehead atoms. The van der Waals surface area contributed by atoms with Crippen molar-refractivity contribution < 1.29 is 9.59 Å². The highest BCUT2D eigenvalue weighted by molar-refractivity contribution is 6.30. The fraction of sp³-hybridized carbons (Fsp3) is 0.182. The van der Waals surface area contributed by atoms with E-state index in [1.807, 2.05) is 32.0 Å². The molecule has 0 fully saturated rings. The van der Waals surface area contributed by atoms with Crippen LogP contribution in [0.3, 0.4) is 0 Å². The molecule has 3 aromatic rings. The Morgan fingerprint density at radius 1 is 1.17 bits per heavy atom. The van der Waals surface area contributed by atoms with Gasteiger partial charge in [0, 0.05) is 22.5 Å². The SMILES string of the molecule is CCc1cccc(C)c1NC(=O)Cn1c(-c2ccc(Cl)cc2)ncc(C(N)=O)c1=O. The summed E-state index contributed by atoms with van der Waals surface area (Å²) in [6.07, 6.45) is 1.87. The minimum absolute atomic E-state index is 0.234. The Morgan fingerprint density at radius 3 is 2.50 bits per heavy atom. The molecule has 1 heterocycles. The third-order valence-electron chi connectivity index (χ3n) is 4.72. The zero-order valence-electron chi connectivity index (χ0n) is 16.6. The number of primary amides is 1. The molecule has 0 aliphatic carbocycles. The molecule has 0 aliphatic heterocycles. The number of anilines is 1. The lowest BCUT2D eigenvalue weighted by Gasteiger charge is -2.16. The molecule has 0 unspecified atom stereocenters. The van der Waals surface area contributed by atoms with Crippen molar-refractivity contribution in [2.24, 2.45) is 5.73 Å². The van der Waals surface area contributed by atoms with Crippen LogP contribution < -0.4 is 16.6 Å². The number of aryl methyl sites for hydroxylation is 2. The lowest BCUT2D eigenvalue weighted by molar-refractivity contribution is -0.116. The maximum Gasteiger partial charge on any atom is 0.267 e. The predicted molar refractivity (Wildman–Crippen MR) is 117 cm³/mol. The quantitative estimate of drug-likeness (QED) is 0.633. The van der Waals surface area contributed by atoms with Crippen LogP contribution >= 0.6 is 11.6 Å². The number of hydrogen-bond acceptors (Lipinski definition) is 4. The summed E-state index contributed by atoms with van der Waals surface area (Å²) in [4.78, 5) is 41.5. The largest absolute Gasteiger partial charge is 0.365 e. The summed E-state index contributed by atoms with van der Waals surface area (Å²) in [7, 11) is 0. The Labute approximate surface area is 178 Å². The number of nitrogens with one attached hydrogen (secondary N) is 1. The monoisotopic (exact) mass is 424 g/mol. The van der Waals surface area contributed by atoms with E-state index >= 15 is 0 Å². The maximum absolute atomic E-state index is 12.9. The highest BCUT2D eigenvalue weighted by Crippen LogP contribution is 2.22. The number of benzene rings is 2. The number of rotatable bonds is 6. The summed E-state index contributed by atoms with van der Waals surface area (Å²) in [6.45, 7) is 3.56. The van der Waals surface area contributed by atoms with Crippen molar-refractivity contribution in [2.75, 3.05) is 5.32 Å². The molecule has 154 valence electrons. The average Bonchev–Trinajstić information content (AvgIpc) is 2.71. The van der Waals surface area contributed by atoms with Gasteiger partial charge in [-0.25, -0.2) is 4.98 Å². The lowest BCUT2D eigenvalue weighted by atomic mass is 10.1. The Kier molecular flexibility index (Phi) is 6.32. The molecule has 0 saturated heterocycles. The highest BCUT2D eigenvalue weighted by Gasteiger charge is 2.18. The number of carbonyl (C=O) groups is 2.